The lowest BCUT2D eigenvalue weighted by Gasteiger charge is -2.15. The van der Waals surface area contributed by atoms with Crippen LogP contribution in [0.2, 0.25) is 5.02 Å². The Balaban J connectivity index is 2.23. The number of hydrogen-bond donors (Lipinski definition) is 1. The second-order valence-corrected chi connectivity index (χ2v) is 4.84. The summed E-state index contributed by atoms with van der Waals surface area (Å²) in [6, 6.07) is 10.8. The Labute approximate surface area is 128 Å². The predicted octanol–water partition coefficient (Wildman–Crippen LogP) is 3.43. The molecule has 0 fully saturated rings. The average Bonchev–Trinajstić information content (AvgIpc) is 2.53. The van der Waals surface area contributed by atoms with Crippen molar-refractivity contribution in [1.82, 2.24) is 0 Å². The van der Waals surface area contributed by atoms with Crippen molar-refractivity contribution in [2.75, 3.05) is 14.2 Å². The van der Waals surface area contributed by atoms with Gasteiger partial charge in [0, 0.05) is 5.02 Å². The molecule has 112 valence electrons. The molecule has 0 aliphatic heterocycles. The first-order chi connectivity index (χ1) is 10.2. The van der Waals surface area contributed by atoms with Crippen molar-refractivity contribution in [3.63, 3.8) is 0 Å². The molecule has 1 N–H and O–H groups in total. The maximum atomic E-state index is 9.24. The molecule has 0 unspecified atom stereocenters. The zero-order chi connectivity index (χ0) is 15.2. The molecule has 4 nitrogen and oxygen atoms in total. The summed E-state index contributed by atoms with van der Waals surface area (Å²) in [5, 5.41) is 9.92. The Hall–Kier alpha value is -1.91. The first-order valence-electron chi connectivity index (χ1n) is 6.41. The van der Waals surface area contributed by atoms with E-state index in [1.54, 1.807) is 26.4 Å². The van der Waals surface area contributed by atoms with E-state index in [4.69, 9.17) is 25.8 Å². The van der Waals surface area contributed by atoms with Gasteiger partial charge < -0.3 is 19.3 Å². The Morgan fingerprint density at radius 3 is 2.00 bits per heavy atom. The van der Waals surface area contributed by atoms with Gasteiger partial charge in [-0.15, -0.1) is 0 Å². The van der Waals surface area contributed by atoms with Crippen molar-refractivity contribution in [2.24, 2.45) is 0 Å². The molecule has 0 radical (unpaired) electrons. The highest BCUT2D eigenvalue weighted by molar-refractivity contribution is 6.30. The molecule has 0 aliphatic rings. The molecule has 0 amide bonds. The van der Waals surface area contributed by atoms with Crippen molar-refractivity contribution in [2.45, 2.75) is 13.2 Å². The summed E-state index contributed by atoms with van der Waals surface area (Å²) >= 11 is 5.85. The van der Waals surface area contributed by atoms with Gasteiger partial charge >= 0.3 is 0 Å². The van der Waals surface area contributed by atoms with Gasteiger partial charge in [-0.2, -0.15) is 0 Å². The molecule has 2 rings (SSSR count). The summed E-state index contributed by atoms with van der Waals surface area (Å²) in [6.07, 6.45) is 0. The lowest BCUT2D eigenvalue weighted by Crippen LogP contribution is -2.01. The Kier molecular flexibility index (Phi) is 5.31. The molecule has 0 spiro atoms. The Bertz CT molecular complexity index is 571. The van der Waals surface area contributed by atoms with Crippen LogP contribution in [0, 0.1) is 0 Å². The fraction of sp³-hybridized carbons (Fsp3) is 0.250. The highest BCUT2D eigenvalue weighted by Crippen LogP contribution is 2.39. The fourth-order valence-corrected chi connectivity index (χ4v) is 2.03. The van der Waals surface area contributed by atoms with Crippen LogP contribution in [-0.4, -0.2) is 19.3 Å². The molecule has 0 atom stereocenters. The van der Waals surface area contributed by atoms with E-state index in [-0.39, 0.29) is 6.61 Å². The molecule has 0 heterocycles. The summed E-state index contributed by atoms with van der Waals surface area (Å²) in [4.78, 5) is 0. The monoisotopic (exact) mass is 308 g/mol. The lowest BCUT2D eigenvalue weighted by molar-refractivity contribution is 0.260. The van der Waals surface area contributed by atoms with Crippen molar-refractivity contribution >= 4 is 11.6 Å². The summed E-state index contributed by atoms with van der Waals surface area (Å²) in [6.45, 7) is 0.270. The van der Waals surface area contributed by atoms with Crippen LogP contribution in [0.1, 0.15) is 11.1 Å². The minimum absolute atomic E-state index is 0.0931. The second kappa shape index (κ2) is 7.20. The highest BCUT2D eigenvalue weighted by Gasteiger charge is 2.14. The minimum atomic E-state index is -0.0931. The number of ether oxygens (including phenoxy) is 3. The van der Waals surface area contributed by atoms with E-state index < -0.39 is 0 Å². The predicted molar refractivity (Wildman–Crippen MR) is 81.3 cm³/mol. The van der Waals surface area contributed by atoms with Crippen molar-refractivity contribution in [3.05, 3.63) is 52.5 Å². The number of benzene rings is 2. The van der Waals surface area contributed by atoms with Crippen LogP contribution >= 0.6 is 11.6 Å². The fourth-order valence-electron chi connectivity index (χ4n) is 1.90. The Morgan fingerprint density at radius 1 is 0.952 bits per heavy atom. The van der Waals surface area contributed by atoms with E-state index in [0.29, 0.717) is 34.4 Å². The van der Waals surface area contributed by atoms with Gasteiger partial charge in [0.05, 0.1) is 20.8 Å². The van der Waals surface area contributed by atoms with Crippen LogP contribution in [0.4, 0.5) is 0 Å². The molecule has 2 aromatic rings. The van der Waals surface area contributed by atoms with Gasteiger partial charge in [0.2, 0.25) is 5.75 Å². The zero-order valence-corrected chi connectivity index (χ0v) is 12.7. The third-order valence-corrected chi connectivity index (χ3v) is 3.25. The molecule has 2 aromatic carbocycles. The van der Waals surface area contributed by atoms with Crippen LogP contribution in [0.25, 0.3) is 0 Å². The molecule has 0 bridgehead atoms. The third kappa shape index (κ3) is 3.80. The molecule has 0 saturated carbocycles. The molecule has 0 aromatic heterocycles. The normalized spacial score (nSPS) is 10.3. The zero-order valence-electron chi connectivity index (χ0n) is 11.9. The first kappa shape index (κ1) is 15.5. The number of aliphatic hydroxyl groups excluding tert-OH is 1. The second-order valence-electron chi connectivity index (χ2n) is 4.40. The van der Waals surface area contributed by atoms with Crippen LogP contribution < -0.4 is 14.2 Å². The number of rotatable bonds is 6. The molecule has 5 heteroatoms. The van der Waals surface area contributed by atoms with Crippen LogP contribution in [-0.2, 0) is 13.2 Å². The summed E-state index contributed by atoms with van der Waals surface area (Å²) in [5.41, 5.74) is 1.68. The van der Waals surface area contributed by atoms with Gasteiger partial charge in [0.25, 0.3) is 0 Å². The van der Waals surface area contributed by atoms with Crippen LogP contribution in [0.3, 0.4) is 0 Å². The number of hydrogen-bond acceptors (Lipinski definition) is 4. The standard InChI is InChI=1S/C16H17ClO4/c1-19-14-7-12(9-18)8-15(20-2)16(14)21-10-11-3-5-13(17)6-4-11/h3-8,18H,9-10H2,1-2H3. The van der Waals surface area contributed by atoms with Crippen molar-refractivity contribution in [1.29, 1.82) is 0 Å². The van der Waals surface area contributed by atoms with Crippen LogP contribution in [0.15, 0.2) is 36.4 Å². The van der Waals surface area contributed by atoms with E-state index in [1.165, 1.54) is 0 Å². The van der Waals surface area contributed by atoms with E-state index in [2.05, 4.69) is 0 Å². The van der Waals surface area contributed by atoms with Gasteiger partial charge in [-0.3, -0.25) is 0 Å². The average molecular weight is 309 g/mol. The van der Waals surface area contributed by atoms with Gasteiger partial charge in [0.15, 0.2) is 11.5 Å². The van der Waals surface area contributed by atoms with E-state index >= 15 is 0 Å². The maximum absolute atomic E-state index is 9.24. The van der Waals surface area contributed by atoms with Gasteiger partial charge in [-0.1, -0.05) is 23.7 Å². The molecule has 0 aliphatic carbocycles. The Morgan fingerprint density at radius 2 is 1.52 bits per heavy atom. The smallest absolute Gasteiger partial charge is 0.203 e. The third-order valence-electron chi connectivity index (χ3n) is 3.00. The summed E-state index contributed by atoms with van der Waals surface area (Å²) in [5.74, 6) is 1.55. The van der Waals surface area contributed by atoms with E-state index in [9.17, 15) is 5.11 Å². The SMILES string of the molecule is COc1cc(CO)cc(OC)c1OCc1ccc(Cl)cc1. The maximum Gasteiger partial charge on any atom is 0.203 e. The minimum Gasteiger partial charge on any atom is -0.493 e. The summed E-state index contributed by atoms with van der Waals surface area (Å²) in [7, 11) is 3.09. The lowest BCUT2D eigenvalue weighted by atomic mass is 10.2. The first-order valence-corrected chi connectivity index (χ1v) is 6.78. The largest absolute Gasteiger partial charge is 0.493 e. The quantitative estimate of drug-likeness (QED) is 0.888. The highest BCUT2D eigenvalue weighted by atomic mass is 35.5. The summed E-state index contributed by atoms with van der Waals surface area (Å²) < 4.78 is 16.4. The number of aliphatic hydroxyl groups is 1. The molecular weight excluding hydrogens is 292 g/mol. The molecule has 21 heavy (non-hydrogen) atoms. The molecular formula is C16H17ClO4. The van der Waals surface area contributed by atoms with Crippen LogP contribution in [0.5, 0.6) is 17.2 Å². The van der Waals surface area contributed by atoms with Gasteiger partial charge in [0.1, 0.15) is 6.61 Å². The van der Waals surface area contributed by atoms with Crippen molar-refractivity contribution < 1.29 is 19.3 Å². The van der Waals surface area contributed by atoms with Crippen molar-refractivity contribution in [3.8, 4) is 17.2 Å². The van der Waals surface area contributed by atoms with Gasteiger partial charge in [-0.25, -0.2) is 0 Å². The number of halogens is 1. The van der Waals surface area contributed by atoms with E-state index in [1.807, 2.05) is 24.3 Å². The molecule has 0 saturated heterocycles. The topological polar surface area (TPSA) is 47.9 Å². The van der Waals surface area contributed by atoms with E-state index in [0.717, 1.165) is 5.56 Å². The van der Waals surface area contributed by atoms with Gasteiger partial charge in [-0.05, 0) is 35.4 Å². The number of methoxy groups -OCH3 is 2.